The molecule has 2 aromatic rings. The van der Waals surface area contributed by atoms with Crippen molar-refractivity contribution in [3.8, 4) is 6.07 Å². The quantitative estimate of drug-likeness (QED) is 0.743. The minimum Gasteiger partial charge on any atom is -0.326 e. The maximum atomic E-state index is 11.8. The lowest BCUT2D eigenvalue weighted by atomic mass is 9.91. The fraction of sp³-hybridized carbons (Fsp3) is 0.263. The number of halogens is 2. The number of nitrogens with zero attached hydrogens (tertiary/aromatic N) is 1. The Morgan fingerprint density at radius 2 is 1.92 bits per heavy atom. The van der Waals surface area contributed by atoms with Gasteiger partial charge in [-0.2, -0.15) is 5.26 Å². The standard InChI is InChI=1S/C19H18Cl2N2O/c1-3-4-19(24)23-18-10-17(21)15(9-12(18)2)16(11-22)13-5-7-14(20)8-6-13/h5-10,16H,3-4H2,1-2H3,(H,23,24)/t16-/m0/s1. The molecule has 0 saturated carbocycles. The normalized spacial score (nSPS) is 11.6. The summed E-state index contributed by atoms with van der Waals surface area (Å²) in [5, 5.41) is 13.5. The summed E-state index contributed by atoms with van der Waals surface area (Å²) in [5.74, 6) is -0.534. The van der Waals surface area contributed by atoms with Crippen LogP contribution in [0.5, 0.6) is 0 Å². The summed E-state index contributed by atoms with van der Waals surface area (Å²) in [6.45, 7) is 3.84. The van der Waals surface area contributed by atoms with Crippen LogP contribution in [0.4, 0.5) is 5.69 Å². The zero-order valence-corrected chi connectivity index (χ0v) is 15.1. The van der Waals surface area contributed by atoms with Crippen molar-refractivity contribution >= 4 is 34.8 Å². The number of carbonyl (C=O) groups excluding carboxylic acids is 1. The molecule has 1 atom stereocenters. The second-order valence-electron chi connectivity index (χ2n) is 5.60. The SMILES string of the molecule is CCCC(=O)Nc1cc(Cl)c([C@@H](C#N)c2ccc(Cl)cc2)cc1C. The van der Waals surface area contributed by atoms with Gasteiger partial charge in [0, 0.05) is 22.2 Å². The first-order valence-corrected chi connectivity index (χ1v) is 8.46. The third-order valence-electron chi connectivity index (χ3n) is 3.74. The molecule has 0 heterocycles. The Morgan fingerprint density at radius 3 is 2.50 bits per heavy atom. The summed E-state index contributed by atoms with van der Waals surface area (Å²) in [7, 11) is 0. The Morgan fingerprint density at radius 1 is 1.25 bits per heavy atom. The molecule has 0 spiro atoms. The Hall–Kier alpha value is -2.02. The number of anilines is 1. The van der Waals surface area contributed by atoms with E-state index >= 15 is 0 Å². The molecule has 0 saturated heterocycles. The maximum Gasteiger partial charge on any atom is 0.224 e. The van der Waals surface area contributed by atoms with Gasteiger partial charge in [0.2, 0.25) is 5.91 Å². The van der Waals surface area contributed by atoms with Gasteiger partial charge in [-0.3, -0.25) is 4.79 Å². The third kappa shape index (κ3) is 4.29. The molecule has 0 bridgehead atoms. The first kappa shape index (κ1) is 18.3. The van der Waals surface area contributed by atoms with Crippen LogP contribution in [0.15, 0.2) is 36.4 Å². The van der Waals surface area contributed by atoms with E-state index in [0.717, 1.165) is 17.5 Å². The highest BCUT2D eigenvalue weighted by Gasteiger charge is 2.18. The highest BCUT2D eigenvalue weighted by Crippen LogP contribution is 2.34. The van der Waals surface area contributed by atoms with Crippen molar-refractivity contribution in [2.75, 3.05) is 5.32 Å². The van der Waals surface area contributed by atoms with Crippen molar-refractivity contribution in [2.45, 2.75) is 32.6 Å². The topological polar surface area (TPSA) is 52.9 Å². The number of hydrogen-bond donors (Lipinski definition) is 1. The number of hydrogen-bond acceptors (Lipinski definition) is 2. The summed E-state index contributed by atoms with van der Waals surface area (Å²) in [6.07, 6.45) is 1.24. The Bertz CT molecular complexity index is 779. The van der Waals surface area contributed by atoms with Gasteiger partial charge >= 0.3 is 0 Å². The van der Waals surface area contributed by atoms with Gasteiger partial charge in [-0.15, -0.1) is 0 Å². The van der Waals surface area contributed by atoms with Gasteiger partial charge in [0.1, 0.15) is 0 Å². The highest BCUT2D eigenvalue weighted by molar-refractivity contribution is 6.32. The van der Waals surface area contributed by atoms with Gasteiger partial charge < -0.3 is 5.32 Å². The average Bonchev–Trinajstić information content (AvgIpc) is 2.54. The molecular formula is C19H18Cl2N2O. The number of benzene rings is 2. The molecule has 1 amide bonds. The summed E-state index contributed by atoms with van der Waals surface area (Å²) < 4.78 is 0. The van der Waals surface area contributed by atoms with Crippen molar-refractivity contribution in [1.82, 2.24) is 0 Å². The van der Waals surface area contributed by atoms with Crippen LogP contribution in [0.2, 0.25) is 10.0 Å². The van der Waals surface area contributed by atoms with Crippen LogP contribution < -0.4 is 5.32 Å². The molecule has 0 aliphatic carbocycles. The van der Waals surface area contributed by atoms with Gasteiger partial charge in [0.25, 0.3) is 0 Å². The van der Waals surface area contributed by atoms with Crippen molar-refractivity contribution < 1.29 is 4.79 Å². The summed E-state index contributed by atoms with van der Waals surface area (Å²) in [5.41, 5.74) is 3.08. The van der Waals surface area contributed by atoms with E-state index in [-0.39, 0.29) is 5.91 Å². The van der Waals surface area contributed by atoms with E-state index in [2.05, 4.69) is 11.4 Å². The van der Waals surface area contributed by atoms with E-state index in [1.165, 1.54) is 0 Å². The molecule has 2 rings (SSSR count). The number of aryl methyl sites for hydroxylation is 1. The monoisotopic (exact) mass is 360 g/mol. The molecular weight excluding hydrogens is 343 g/mol. The second kappa shape index (κ2) is 8.19. The summed E-state index contributed by atoms with van der Waals surface area (Å²) in [6, 6.07) is 13.0. The van der Waals surface area contributed by atoms with Crippen LogP contribution in [0, 0.1) is 18.3 Å². The lowest BCUT2D eigenvalue weighted by Crippen LogP contribution is -2.12. The number of rotatable bonds is 5. The van der Waals surface area contributed by atoms with E-state index in [1.54, 1.807) is 18.2 Å². The molecule has 0 aromatic heterocycles. The van der Waals surface area contributed by atoms with Gasteiger partial charge in [-0.25, -0.2) is 0 Å². The smallest absolute Gasteiger partial charge is 0.224 e. The van der Waals surface area contributed by atoms with Crippen molar-refractivity contribution in [3.05, 3.63) is 63.1 Å². The van der Waals surface area contributed by atoms with Crippen molar-refractivity contribution in [2.24, 2.45) is 0 Å². The van der Waals surface area contributed by atoms with Crippen LogP contribution in [-0.2, 0) is 4.79 Å². The number of carbonyl (C=O) groups is 1. The molecule has 1 N–H and O–H groups in total. The average molecular weight is 361 g/mol. The second-order valence-corrected chi connectivity index (χ2v) is 6.44. The van der Waals surface area contributed by atoms with E-state index in [9.17, 15) is 10.1 Å². The predicted octanol–water partition coefficient (Wildman–Crippen LogP) is 5.70. The molecule has 5 heteroatoms. The maximum absolute atomic E-state index is 11.8. The predicted molar refractivity (Wildman–Crippen MR) is 98.6 cm³/mol. The first-order chi connectivity index (χ1) is 11.5. The van der Waals surface area contributed by atoms with Crippen LogP contribution in [0.3, 0.4) is 0 Å². The Labute approximate surface area is 152 Å². The zero-order valence-electron chi connectivity index (χ0n) is 13.6. The van der Waals surface area contributed by atoms with Gasteiger partial charge in [-0.05, 0) is 48.2 Å². The van der Waals surface area contributed by atoms with Crippen molar-refractivity contribution in [1.29, 1.82) is 5.26 Å². The number of nitrogens with one attached hydrogen (secondary N) is 1. The Balaban J connectivity index is 2.36. The molecule has 2 aromatic carbocycles. The number of amides is 1. The van der Waals surface area contributed by atoms with E-state index in [0.29, 0.717) is 27.7 Å². The molecule has 0 aliphatic heterocycles. The van der Waals surface area contributed by atoms with Crippen LogP contribution in [0.1, 0.15) is 42.4 Å². The van der Waals surface area contributed by atoms with E-state index < -0.39 is 5.92 Å². The van der Waals surface area contributed by atoms with Gasteiger partial charge in [0.15, 0.2) is 0 Å². The third-order valence-corrected chi connectivity index (χ3v) is 4.32. The largest absolute Gasteiger partial charge is 0.326 e. The van der Waals surface area contributed by atoms with Gasteiger partial charge in [-0.1, -0.05) is 48.3 Å². The molecule has 0 radical (unpaired) electrons. The molecule has 3 nitrogen and oxygen atoms in total. The number of nitriles is 1. The zero-order chi connectivity index (χ0) is 17.7. The minimum atomic E-state index is -0.492. The van der Waals surface area contributed by atoms with Crippen LogP contribution >= 0.6 is 23.2 Å². The van der Waals surface area contributed by atoms with E-state index in [1.807, 2.05) is 32.0 Å². The first-order valence-electron chi connectivity index (χ1n) is 7.71. The fourth-order valence-corrected chi connectivity index (χ4v) is 2.88. The fourth-order valence-electron chi connectivity index (χ4n) is 2.48. The minimum absolute atomic E-state index is 0.0426. The summed E-state index contributed by atoms with van der Waals surface area (Å²) >= 11 is 12.3. The van der Waals surface area contributed by atoms with E-state index in [4.69, 9.17) is 23.2 Å². The van der Waals surface area contributed by atoms with Gasteiger partial charge in [0.05, 0.1) is 12.0 Å². The lowest BCUT2D eigenvalue weighted by Gasteiger charge is -2.16. The summed E-state index contributed by atoms with van der Waals surface area (Å²) in [4.78, 5) is 11.8. The van der Waals surface area contributed by atoms with Crippen LogP contribution in [-0.4, -0.2) is 5.91 Å². The lowest BCUT2D eigenvalue weighted by molar-refractivity contribution is -0.116. The van der Waals surface area contributed by atoms with Crippen molar-refractivity contribution in [3.63, 3.8) is 0 Å². The van der Waals surface area contributed by atoms with Crippen LogP contribution in [0.25, 0.3) is 0 Å². The molecule has 24 heavy (non-hydrogen) atoms. The molecule has 0 fully saturated rings. The molecule has 0 aliphatic rings. The molecule has 124 valence electrons. The highest BCUT2D eigenvalue weighted by atomic mass is 35.5. The Kier molecular flexibility index (Phi) is 6.25. The molecule has 0 unspecified atom stereocenters.